The van der Waals surface area contributed by atoms with E-state index in [9.17, 15) is 5.11 Å². The minimum absolute atomic E-state index is 0.0612. The Hall–Kier alpha value is -2.04. The summed E-state index contributed by atoms with van der Waals surface area (Å²) in [5.74, 6) is 2.13. The maximum atomic E-state index is 9.39. The van der Waals surface area contributed by atoms with Gasteiger partial charge in [0.05, 0.1) is 6.61 Å². The van der Waals surface area contributed by atoms with Gasteiger partial charge in [-0.1, -0.05) is 29.8 Å². The van der Waals surface area contributed by atoms with Gasteiger partial charge in [0, 0.05) is 5.54 Å². The molecule has 25 heavy (non-hydrogen) atoms. The number of aliphatic hydroxyl groups excluding tert-OH is 1. The van der Waals surface area contributed by atoms with Crippen LogP contribution in [0.15, 0.2) is 48.5 Å². The van der Waals surface area contributed by atoms with Crippen LogP contribution in [0.3, 0.4) is 0 Å². The number of nitrogens with two attached hydrogens (primary N) is 1. The second-order valence-corrected chi connectivity index (χ2v) is 7.04. The molecule has 3 N–H and O–H groups in total. The highest BCUT2D eigenvalue weighted by molar-refractivity contribution is 5.31. The number of aliphatic hydroxyl groups is 1. The minimum atomic E-state index is -0.410. The van der Waals surface area contributed by atoms with Crippen molar-refractivity contribution in [2.24, 2.45) is 5.73 Å². The van der Waals surface area contributed by atoms with Crippen molar-refractivity contribution >= 4 is 0 Å². The lowest BCUT2D eigenvalue weighted by Gasteiger charge is -2.21. The smallest absolute Gasteiger partial charge is 0.122 e. The molecule has 0 aliphatic heterocycles. The molecule has 0 bridgehead atoms. The van der Waals surface area contributed by atoms with Crippen molar-refractivity contribution in [3.63, 3.8) is 0 Å². The summed E-state index contributed by atoms with van der Waals surface area (Å²) in [7, 11) is 0. The zero-order chi connectivity index (χ0) is 17.7. The van der Waals surface area contributed by atoms with Crippen molar-refractivity contribution in [3.05, 3.63) is 59.7 Å². The summed E-state index contributed by atoms with van der Waals surface area (Å²) in [5, 5.41) is 9.39. The fourth-order valence-electron chi connectivity index (χ4n) is 3.37. The third-order valence-electron chi connectivity index (χ3n) is 4.95. The van der Waals surface area contributed by atoms with Gasteiger partial charge in [0.25, 0.3) is 0 Å². The van der Waals surface area contributed by atoms with Gasteiger partial charge < -0.3 is 20.3 Å². The zero-order valence-corrected chi connectivity index (χ0v) is 14.8. The van der Waals surface area contributed by atoms with Crippen LogP contribution in [-0.4, -0.2) is 30.5 Å². The summed E-state index contributed by atoms with van der Waals surface area (Å²) in [6.07, 6.45) is 2.75. The number of ether oxygens (including phenoxy) is 2. The van der Waals surface area contributed by atoms with E-state index in [0.717, 1.165) is 30.8 Å². The van der Waals surface area contributed by atoms with Gasteiger partial charge in [0.2, 0.25) is 0 Å². The van der Waals surface area contributed by atoms with E-state index >= 15 is 0 Å². The number of hydrogen-bond donors (Lipinski definition) is 2. The van der Waals surface area contributed by atoms with Crippen LogP contribution in [0.25, 0.3) is 0 Å². The molecule has 0 heterocycles. The number of aryl methyl sites for hydroxylation is 1. The molecule has 4 nitrogen and oxygen atoms in total. The van der Waals surface area contributed by atoms with Crippen LogP contribution in [0.4, 0.5) is 0 Å². The molecule has 0 amide bonds. The summed E-state index contributed by atoms with van der Waals surface area (Å²) in [4.78, 5) is 0. The lowest BCUT2D eigenvalue weighted by Crippen LogP contribution is -2.40. The van der Waals surface area contributed by atoms with Gasteiger partial charge in [-0.2, -0.15) is 0 Å². The van der Waals surface area contributed by atoms with Crippen LogP contribution in [0, 0.1) is 6.92 Å². The first-order chi connectivity index (χ1) is 12.1. The van der Waals surface area contributed by atoms with Crippen molar-refractivity contribution in [2.75, 3.05) is 19.8 Å². The summed E-state index contributed by atoms with van der Waals surface area (Å²) < 4.78 is 11.4. The van der Waals surface area contributed by atoms with E-state index in [-0.39, 0.29) is 6.61 Å². The molecular weight excluding hydrogens is 314 g/mol. The molecule has 134 valence electrons. The molecule has 0 radical (unpaired) electrons. The number of hydrogen-bond acceptors (Lipinski definition) is 4. The van der Waals surface area contributed by atoms with Crippen LogP contribution in [0.2, 0.25) is 0 Å². The molecule has 0 unspecified atom stereocenters. The summed E-state index contributed by atoms with van der Waals surface area (Å²) in [6.45, 7) is 3.14. The zero-order valence-electron chi connectivity index (χ0n) is 14.8. The molecule has 0 aromatic heterocycles. The van der Waals surface area contributed by atoms with Crippen LogP contribution in [0.1, 0.15) is 36.3 Å². The molecule has 2 aromatic carbocycles. The average molecular weight is 341 g/mol. The second-order valence-electron chi connectivity index (χ2n) is 7.04. The highest BCUT2D eigenvalue weighted by Gasteiger charge is 2.35. The Morgan fingerprint density at radius 1 is 1.00 bits per heavy atom. The Morgan fingerprint density at radius 2 is 1.56 bits per heavy atom. The standard InChI is InChI=1S/C21H27NO3/c1-16-2-6-19(7-3-16)24-12-13-25-20-8-4-17(5-9-20)18-10-11-21(22,14-18)15-23/h2-9,18,23H,10-15,22H2,1H3/t18-,21-/m1/s1. The van der Waals surface area contributed by atoms with Crippen LogP contribution in [-0.2, 0) is 0 Å². The highest BCUT2D eigenvalue weighted by atomic mass is 16.5. The van der Waals surface area contributed by atoms with E-state index < -0.39 is 5.54 Å². The molecular formula is C21H27NO3. The minimum Gasteiger partial charge on any atom is -0.490 e. The van der Waals surface area contributed by atoms with Gasteiger partial charge in [-0.05, 0) is 61.9 Å². The molecule has 1 fully saturated rings. The topological polar surface area (TPSA) is 64.7 Å². The van der Waals surface area contributed by atoms with E-state index in [1.165, 1.54) is 11.1 Å². The third-order valence-corrected chi connectivity index (χ3v) is 4.95. The first-order valence-corrected chi connectivity index (χ1v) is 8.90. The summed E-state index contributed by atoms with van der Waals surface area (Å²) in [6, 6.07) is 16.2. The van der Waals surface area contributed by atoms with E-state index in [0.29, 0.717) is 19.1 Å². The van der Waals surface area contributed by atoms with Crippen molar-refractivity contribution in [3.8, 4) is 11.5 Å². The lowest BCUT2D eigenvalue weighted by atomic mass is 9.94. The molecule has 4 heteroatoms. The van der Waals surface area contributed by atoms with Gasteiger partial charge in [-0.15, -0.1) is 0 Å². The van der Waals surface area contributed by atoms with Crippen LogP contribution < -0.4 is 15.2 Å². The van der Waals surface area contributed by atoms with Crippen LogP contribution in [0.5, 0.6) is 11.5 Å². The second kappa shape index (κ2) is 7.89. The van der Waals surface area contributed by atoms with E-state index in [1.54, 1.807) is 0 Å². The van der Waals surface area contributed by atoms with E-state index in [4.69, 9.17) is 15.2 Å². The number of benzene rings is 2. The van der Waals surface area contributed by atoms with Gasteiger partial charge in [-0.25, -0.2) is 0 Å². The predicted octanol–water partition coefficient (Wildman–Crippen LogP) is 3.41. The highest BCUT2D eigenvalue weighted by Crippen LogP contribution is 2.39. The molecule has 2 aromatic rings. The molecule has 1 aliphatic carbocycles. The lowest BCUT2D eigenvalue weighted by molar-refractivity contribution is 0.198. The normalized spacial score (nSPS) is 22.8. The van der Waals surface area contributed by atoms with Crippen LogP contribution >= 0.6 is 0 Å². The van der Waals surface area contributed by atoms with Gasteiger partial charge in [0.15, 0.2) is 0 Å². The Morgan fingerprint density at radius 3 is 2.08 bits per heavy atom. The Kier molecular flexibility index (Phi) is 5.61. The monoisotopic (exact) mass is 341 g/mol. The molecule has 0 spiro atoms. The van der Waals surface area contributed by atoms with Crippen molar-refractivity contribution in [1.82, 2.24) is 0 Å². The Labute approximate surface area is 149 Å². The van der Waals surface area contributed by atoms with Gasteiger partial charge >= 0.3 is 0 Å². The van der Waals surface area contributed by atoms with Gasteiger partial charge in [-0.3, -0.25) is 0 Å². The first kappa shape index (κ1) is 17.8. The molecule has 0 saturated heterocycles. The number of rotatable bonds is 7. The van der Waals surface area contributed by atoms with E-state index in [1.807, 2.05) is 36.4 Å². The molecule has 2 atom stereocenters. The van der Waals surface area contributed by atoms with Crippen molar-refractivity contribution < 1.29 is 14.6 Å². The van der Waals surface area contributed by atoms with E-state index in [2.05, 4.69) is 19.1 Å². The molecule has 1 aliphatic rings. The maximum absolute atomic E-state index is 9.39. The van der Waals surface area contributed by atoms with Gasteiger partial charge in [0.1, 0.15) is 24.7 Å². The van der Waals surface area contributed by atoms with Crippen molar-refractivity contribution in [1.29, 1.82) is 0 Å². The molecule has 3 rings (SSSR count). The largest absolute Gasteiger partial charge is 0.490 e. The fraction of sp³-hybridized carbons (Fsp3) is 0.429. The Balaban J connectivity index is 1.44. The molecule has 1 saturated carbocycles. The summed E-state index contributed by atoms with van der Waals surface area (Å²) >= 11 is 0. The quantitative estimate of drug-likeness (QED) is 0.758. The average Bonchev–Trinajstić information content (AvgIpc) is 3.04. The summed E-state index contributed by atoms with van der Waals surface area (Å²) in [5.41, 5.74) is 8.24. The third kappa shape index (κ3) is 4.74. The fourth-order valence-corrected chi connectivity index (χ4v) is 3.37. The predicted molar refractivity (Wildman–Crippen MR) is 99.2 cm³/mol. The first-order valence-electron chi connectivity index (χ1n) is 8.90. The Bertz CT molecular complexity index is 669. The van der Waals surface area contributed by atoms with Crippen molar-refractivity contribution in [2.45, 2.75) is 37.6 Å². The maximum Gasteiger partial charge on any atom is 0.122 e. The SMILES string of the molecule is Cc1ccc(OCCOc2ccc([C@@H]3CC[C@](N)(CO)C3)cc2)cc1.